The number of benzene rings is 1. The number of sulfonamides is 1. The Morgan fingerprint density at radius 2 is 1.89 bits per heavy atom. The standard InChI is InChI=1S/C14H19NO3S/c1-11-6-8-15(9-7-11)19(17,18)14-5-3-4-13(10-14)12(2)16/h3-5,10-11H,6-9H2,1-2H3. The second kappa shape index (κ2) is 5.43. The molecule has 1 saturated heterocycles. The first-order valence-corrected chi connectivity index (χ1v) is 7.96. The number of hydrogen-bond acceptors (Lipinski definition) is 3. The minimum Gasteiger partial charge on any atom is -0.295 e. The van der Waals surface area contributed by atoms with Gasteiger partial charge in [-0.3, -0.25) is 4.79 Å². The predicted octanol–water partition coefficient (Wildman–Crippen LogP) is 2.31. The third-order valence-corrected chi connectivity index (χ3v) is 5.52. The van der Waals surface area contributed by atoms with E-state index in [2.05, 4.69) is 6.92 Å². The number of hydrogen-bond donors (Lipinski definition) is 0. The third-order valence-electron chi connectivity index (χ3n) is 3.62. The quantitative estimate of drug-likeness (QED) is 0.799. The number of piperidine rings is 1. The summed E-state index contributed by atoms with van der Waals surface area (Å²) < 4.78 is 26.5. The predicted molar refractivity (Wildman–Crippen MR) is 73.6 cm³/mol. The molecule has 1 aromatic rings. The van der Waals surface area contributed by atoms with E-state index >= 15 is 0 Å². The van der Waals surface area contributed by atoms with Crippen molar-refractivity contribution in [2.75, 3.05) is 13.1 Å². The summed E-state index contributed by atoms with van der Waals surface area (Å²) in [6.45, 7) is 4.70. The van der Waals surface area contributed by atoms with E-state index in [0.717, 1.165) is 12.8 Å². The van der Waals surface area contributed by atoms with Gasteiger partial charge >= 0.3 is 0 Å². The molecule has 1 aliphatic rings. The van der Waals surface area contributed by atoms with E-state index in [1.54, 1.807) is 18.2 Å². The van der Waals surface area contributed by atoms with Crippen LogP contribution in [0.1, 0.15) is 37.0 Å². The van der Waals surface area contributed by atoms with Crippen molar-refractivity contribution in [3.8, 4) is 0 Å². The van der Waals surface area contributed by atoms with Gasteiger partial charge in [0.05, 0.1) is 4.90 Å². The van der Waals surface area contributed by atoms with E-state index in [4.69, 9.17) is 0 Å². The molecule has 2 rings (SSSR count). The van der Waals surface area contributed by atoms with Crippen molar-refractivity contribution in [3.63, 3.8) is 0 Å². The van der Waals surface area contributed by atoms with Crippen LogP contribution in [0.15, 0.2) is 29.2 Å². The minimum atomic E-state index is -3.46. The van der Waals surface area contributed by atoms with Gasteiger partial charge in [-0.2, -0.15) is 4.31 Å². The molecule has 0 aliphatic carbocycles. The zero-order valence-corrected chi connectivity index (χ0v) is 12.1. The molecular weight excluding hydrogens is 262 g/mol. The Hall–Kier alpha value is -1.20. The maximum Gasteiger partial charge on any atom is 0.243 e. The van der Waals surface area contributed by atoms with Crippen molar-refractivity contribution in [1.29, 1.82) is 0 Å². The van der Waals surface area contributed by atoms with E-state index in [0.29, 0.717) is 24.6 Å². The van der Waals surface area contributed by atoms with Gasteiger partial charge in [-0.25, -0.2) is 8.42 Å². The molecule has 0 N–H and O–H groups in total. The van der Waals surface area contributed by atoms with Crippen LogP contribution in [0.5, 0.6) is 0 Å². The summed E-state index contributed by atoms with van der Waals surface area (Å²) in [7, 11) is -3.46. The maximum atomic E-state index is 12.5. The van der Waals surface area contributed by atoms with Crippen molar-refractivity contribution in [1.82, 2.24) is 4.31 Å². The summed E-state index contributed by atoms with van der Waals surface area (Å²) in [5, 5.41) is 0. The van der Waals surface area contributed by atoms with Crippen LogP contribution in [0.3, 0.4) is 0 Å². The Balaban J connectivity index is 2.29. The molecule has 0 aromatic heterocycles. The fourth-order valence-electron chi connectivity index (χ4n) is 2.25. The highest BCUT2D eigenvalue weighted by atomic mass is 32.2. The largest absolute Gasteiger partial charge is 0.295 e. The molecule has 0 amide bonds. The van der Waals surface area contributed by atoms with Crippen LogP contribution in [0.2, 0.25) is 0 Å². The molecule has 0 spiro atoms. The van der Waals surface area contributed by atoms with Gasteiger partial charge in [0, 0.05) is 18.7 Å². The smallest absolute Gasteiger partial charge is 0.243 e. The second-order valence-electron chi connectivity index (χ2n) is 5.17. The van der Waals surface area contributed by atoms with Crippen LogP contribution in [-0.2, 0) is 10.0 Å². The Kier molecular flexibility index (Phi) is 4.06. The molecule has 5 heteroatoms. The molecule has 0 radical (unpaired) electrons. The van der Waals surface area contributed by atoms with E-state index < -0.39 is 10.0 Å². The Morgan fingerprint density at radius 1 is 1.26 bits per heavy atom. The lowest BCUT2D eigenvalue weighted by Gasteiger charge is -2.29. The van der Waals surface area contributed by atoms with Crippen LogP contribution in [0.4, 0.5) is 0 Å². The first kappa shape index (κ1) is 14.2. The third kappa shape index (κ3) is 3.04. The molecule has 104 valence electrons. The number of Topliss-reactive ketones (excluding diaryl/α,β-unsaturated/α-hetero) is 1. The normalized spacial score (nSPS) is 18.4. The summed E-state index contributed by atoms with van der Waals surface area (Å²) in [6.07, 6.45) is 1.79. The van der Waals surface area contributed by atoms with Gasteiger partial charge in [0.1, 0.15) is 0 Å². The molecule has 1 aromatic carbocycles. The minimum absolute atomic E-state index is 0.121. The van der Waals surface area contributed by atoms with Gasteiger partial charge < -0.3 is 0 Å². The van der Waals surface area contributed by atoms with Crippen LogP contribution in [0.25, 0.3) is 0 Å². The average Bonchev–Trinajstić information content (AvgIpc) is 2.39. The SMILES string of the molecule is CC(=O)c1cccc(S(=O)(=O)N2CCC(C)CC2)c1. The molecule has 0 saturated carbocycles. The molecule has 1 aliphatic heterocycles. The number of ketones is 1. The molecule has 0 bridgehead atoms. The number of rotatable bonds is 3. The lowest BCUT2D eigenvalue weighted by atomic mass is 10.0. The summed E-state index contributed by atoms with van der Waals surface area (Å²) in [5.41, 5.74) is 0.437. The number of carbonyl (C=O) groups is 1. The lowest BCUT2D eigenvalue weighted by molar-refractivity contribution is 0.101. The van der Waals surface area contributed by atoms with Gasteiger partial charge in [-0.1, -0.05) is 19.1 Å². The van der Waals surface area contributed by atoms with Gasteiger partial charge in [0.15, 0.2) is 5.78 Å². The fraction of sp³-hybridized carbons (Fsp3) is 0.500. The van der Waals surface area contributed by atoms with Gasteiger partial charge in [-0.05, 0) is 37.8 Å². The van der Waals surface area contributed by atoms with Crippen LogP contribution in [0, 0.1) is 5.92 Å². The zero-order valence-electron chi connectivity index (χ0n) is 11.3. The van der Waals surface area contributed by atoms with Crippen molar-refractivity contribution >= 4 is 15.8 Å². The highest BCUT2D eigenvalue weighted by Crippen LogP contribution is 2.23. The topological polar surface area (TPSA) is 54.5 Å². The Bertz CT molecular complexity index is 572. The molecule has 19 heavy (non-hydrogen) atoms. The van der Waals surface area contributed by atoms with Crippen LogP contribution in [-0.4, -0.2) is 31.6 Å². The maximum absolute atomic E-state index is 12.5. The van der Waals surface area contributed by atoms with Gasteiger partial charge in [0.2, 0.25) is 10.0 Å². The van der Waals surface area contributed by atoms with E-state index in [-0.39, 0.29) is 10.7 Å². The fourth-order valence-corrected chi connectivity index (χ4v) is 3.77. The van der Waals surface area contributed by atoms with E-state index in [9.17, 15) is 13.2 Å². The highest BCUT2D eigenvalue weighted by Gasteiger charge is 2.28. The molecule has 0 atom stereocenters. The summed E-state index contributed by atoms with van der Waals surface area (Å²) in [5.74, 6) is 0.458. The van der Waals surface area contributed by atoms with Crippen molar-refractivity contribution in [2.45, 2.75) is 31.6 Å². The number of nitrogens with zero attached hydrogens (tertiary/aromatic N) is 1. The average molecular weight is 281 g/mol. The first-order chi connectivity index (χ1) is 8.91. The van der Waals surface area contributed by atoms with E-state index in [1.165, 1.54) is 17.3 Å². The summed E-state index contributed by atoms with van der Waals surface area (Å²) >= 11 is 0. The molecule has 0 unspecified atom stereocenters. The van der Waals surface area contributed by atoms with Crippen molar-refractivity contribution in [2.24, 2.45) is 5.92 Å². The molecule has 1 fully saturated rings. The lowest BCUT2D eigenvalue weighted by Crippen LogP contribution is -2.37. The van der Waals surface area contributed by atoms with Crippen molar-refractivity contribution < 1.29 is 13.2 Å². The Labute approximate surface area is 114 Å². The van der Waals surface area contributed by atoms with Crippen molar-refractivity contribution in [3.05, 3.63) is 29.8 Å². The van der Waals surface area contributed by atoms with E-state index in [1.807, 2.05) is 0 Å². The molecule has 4 nitrogen and oxygen atoms in total. The van der Waals surface area contributed by atoms with Gasteiger partial charge in [-0.15, -0.1) is 0 Å². The Morgan fingerprint density at radius 3 is 2.47 bits per heavy atom. The second-order valence-corrected chi connectivity index (χ2v) is 7.11. The molecule has 1 heterocycles. The zero-order chi connectivity index (χ0) is 14.0. The summed E-state index contributed by atoms with van der Waals surface area (Å²) in [6, 6.07) is 6.28. The number of carbonyl (C=O) groups excluding carboxylic acids is 1. The van der Waals surface area contributed by atoms with Gasteiger partial charge in [0.25, 0.3) is 0 Å². The monoisotopic (exact) mass is 281 g/mol. The first-order valence-electron chi connectivity index (χ1n) is 6.52. The van der Waals surface area contributed by atoms with Crippen LogP contribution >= 0.6 is 0 Å². The summed E-state index contributed by atoms with van der Waals surface area (Å²) in [4.78, 5) is 11.6. The molecular formula is C14H19NO3S. The highest BCUT2D eigenvalue weighted by molar-refractivity contribution is 7.89. The van der Waals surface area contributed by atoms with Crippen LogP contribution < -0.4 is 0 Å².